The number of esters is 1. The molecule has 0 N–H and O–H groups in total. The lowest BCUT2D eigenvalue weighted by atomic mass is 9.77. The molecule has 1 amide bonds. The van der Waals surface area contributed by atoms with Gasteiger partial charge in [0.05, 0.1) is 6.61 Å². The standard InChI is InChI=1S/C45H47N5O3/c1-5-7-27-41(51)49(42(33(3)4)44(52)53-6-2)32-34-28-30-35(31-29-34)39-25-17-18-26-40(39)43-46-47-48-50(43)45(36-19-11-8-12-20-36,37-21-13-9-14-22-37)38-23-15-10-16-24-38/h8-26,28-31,33,42H,5-7,27,32H2,1-4H3/t42-/m0/s1. The average molecular weight is 706 g/mol. The smallest absolute Gasteiger partial charge is 0.329 e. The number of carbonyl (C=O) groups is 2. The summed E-state index contributed by atoms with van der Waals surface area (Å²) in [6.07, 6.45) is 2.04. The van der Waals surface area contributed by atoms with E-state index in [-0.39, 0.29) is 24.4 Å². The average Bonchev–Trinajstić information content (AvgIpc) is 3.69. The van der Waals surface area contributed by atoms with Crippen LogP contribution in [0, 0.1) is 5.92 Å². The minimum atomic E-state index is -0.890. The molecular formula is C45H47N5O3. The number of nitrogens with zero attached hydrogens (tertiary/aromatic N) is 5. The van der Waals surface area contributed by atoms with Crippen molar-refractivity contribution in [3.05, 3.63) is 162 Å². The first-order valence-electron chi connectivity index (χ1n) is 18.5. The number of hydrogen-bond acceptors (Lipinski definition) is 6. The van der Waals surface area contributed by atoms with E-state index in [1.165, 1.54) is 0 Å². The van der Waals surface area contributed by atoms with Gasteiger partial charge in [0.15, 0.2) is 5.82 Å². The molecule has 1 aromatic heterocycles. The molecule has 0 spiro atoms. The van der Waals surface area contributed by atoms with Crippen LogP contribution in [0.5, 0.6) is 0 Å². The maximum Gasteiger partial charge on any atom is 0.329 e. The number of hydrogen-bond donors (Lipinski definition) is 0. The summed E-state index contributed by atoms with van der Waals surface area (Å²) in [6.45, 7) is 8.33. The van der Waals surface area contributed by atoms with Crippen molar-refractivity contribution in [1.29, 1.82) is 0 Å². The Labute approximate surface area is 312 Å². The Morgan fingerprint density at radius 3 is 1.75 bits per heavy atom. The largest absolute Gasteiger partial charge is 0.464 e. The Morgan fingerprint density at radius 1 is 0.717 bits per heavy atom. The Bertz CT molecular complexity index is 1980. The second-order valence-corrected chi connectivity index (χ2v) is 13.5. The Hall–Kier alpha value is -5.89. The topological polar surface area (TPSA) is 90.2 Å². The number of amides is 1. The molecule has 0 saturated heterocycles. The van der Waals surface area contributed by atoms with Crippen LogP contribution in [0.3, 0.4) is 0 Å². The summed E-state index contributed by atoms with van der Waals surface area (Å²) in [7, 11) is 0. The van der Waals surface area contributed by atoms with Crippen LogP contribution in [-0.2, 0) is 26.4 Å². The first kappa shape index (κ1) is 36.9. The molecule has 0 bridgehead atoms. The number of tetrazole rings is 1. The monoisotopic (exact) mass is 705 g/mol. The lowest BCUT2D eigenvalue weighted by Gasteiger charge is -2.36. The predicted octanol–water partition coefficient (Wildman–Crippen LogP) is 8.95. The van der Waals surface area contributed by atoms with E-state index in [1.54, 1.807) is 11.8 Å². The van der Waals surface area contributed by atoms with Gasteiger partial charge in [-0.3, -0.25) is 4.79 Å². The van der Waals surface area contributed by atoms with Crippen molar-refractivity contribution >= 4 is 11.9 Å². The Kier molecular flexibility index (Phi) is 11.9. The van der Waals surface area contributed by atoms with E-state index in [0.29, 0.717) is 18.8 Å². The van der Waals surface area contributed by atoms with E-state index in [1.807, 2.05) is 97.4 Å². The zero-order valence-electron chi connectivity index (χ0n) is 30.9. The highest BCUT2D eigenvalue weighted by atomic mass is 16.5. The van der Waals surface area contributed by atoms with Crippen molar-refractivity contribution in [2.24, 2.45) is 5.92 Å². The molecule has 0 radical (unpaired) electrons. The van der Waals surface area contributed by atoms with Gasteiger partial charge in [-0.2, -0.15) is 0 Å². The van der Waals surface area contributed by atoms with Crippen molar-refractivity contribution in [3.8, 4) is 22.5 Å². The van der Waals surface area contributed by atoms with Crippen molar-refractivity contribution in [2.45, 2.75) is 65.1 Å². The molecular weight excluding hydrogens is 659 g/mol. The molecule has 8 heteroatoms. The number of carbonyl (C=O) groups excluding carboxylic acids is 2. The van der Waals surface area contributed by atoms with Gasteiger partial charge in [0, 0.05) is 18.5 Å². The van der Waals surface area contributed by atoms with Gasteiger partial charge in [-0.05, 0) is 63.1 Å². The third kappa shape index (κ3) is 7.68. The fraction of sp³-hybridized carbons (Fsp3) is 0.267. The number of rotatable bonds is 15. The zero-order chi connectivity index (χ0) is 37.2. The molecule has 6 rings (SSSR count). The molecule has 0 saturated carbocycles. The summed E-state index contributed by atoms with van der Waals surface area (Å²) < 4.78 is 7.38. The third-order valence-electron chi connectivity index (χ3n) is 9.71. The lowest BCUT2D eigenvalue weighted by Crippen LogP contribution is -2.48. The van der Waals surface area contributed by atoms with Crippen LogP contribution in [0.2, 0.25) is 0 Å². The van der Waals surface area contributed by atoms with Gasteiger partial charge in [0.1, 0.15) is 11.6 Å². The van der Waals surface area contributed by atoms with E-state index in [2.05, 4.69) is 72.8 Å². The Morgan fingerprint density at radius 2 is 1.25 bits per heavy atom. The van der Waals surface area contributed by atoms with Gasteiger partial charge < -0.3 is 9.64 Å². The summed E-state index contributed by atoms with van der Waals surface area (Å²) in [5, 5.41) is 13.8. The van der Waals surface area contributed by atoms with Crippen molar-refractivity contribution in [2.75, 3.05) is 6.61 Å². The van der Waals surface area contributed by atoms with Crippen LogP contribution in [0.25, 0.3) is 22.5 Å². The normalized spacial score (nSPS) is 12.0. The lowest BCUT2D eigenvalue weighted by molar-refractivity contribution is -0.157. The van der Waals surface area contributed by atoms with E-state index in [9.17, 15) is 9.59 Å². The predicted molar refractivity (Wildman–Crippen MR) is 209 cm³/mol. The highest BCUT2D eigenvalue weighted by Crippen LogP contribution is 2.43. The number of unbranched alkanes of at least 4 members (excludes halogenated alkanes) is 1. The highest BCUT2D eigenvalue weighted by Gasteiger charge is 2.42. The van der Waals surface area contributed by atoms with Gasteiger partial charge in [-0.15, -0.1) is 5.10 Å². The Balaban J connectivity index is 1.43. The van der Waals surface area contributed by atoms with E-state index in [4.69, 9.17) is 15.0 Å². The summed E-state index contributed by atoms with van der Waals surface area (Å²) in [4.78, 5) is 28.4. The van der Waals surface area contributed by atoms with E-state index < -0.39 is 11.6 Å². The van der Waals surface area contributed by atoms with Gasteiger partial charge in [-0.25, -0.2) is 9.48 Å². The summed E-state index contributed by atoms with van der Waals surface area (Å²) >= 11 is 0. The highest BCUT2D eigenvalue weighted by molar-refractivity contribution is 5.85. The summed E-state index contributed by atoms with van der Waals surface area (Å²) in [5.41, 5.74) is 5.90. The quantitative estimate of drug-likeness (QED) is 0.0783. The molecule has 6 aromatic rings. The van der Waals surface area contributed by atoms with Crippen molar-refractivity contribution < 1.29 is 14.3 Å². The van der Waals surface area contributed by atoms with Gasteiger partial charge in [0.2, 0.25) is 5.91 Å². The molecule has 53 heavy (non-hydrogen) atoms. The minimum Gasteiger partial charge on any atom is -0.464 e. The molecule has 5 aromatic carbocycles. The minimum absolute atomic E-state index is 0.0430. The molecule has 270 valence electrons. The van der Waals surface area contributed by atoms with Gasteiger partial charge in [0.25, 0.3) is 0 Å². The first-order valence-corrected chi connectivity index (χ1v) is 18.5. The van der Waals surface area contributed by atoms with Crippen LogP contribution in [0.4, 0.5) is 0 Å². The fourth-order valence-corrected chi connectivity index (χ4v) is 7.20. The van der Waals surface area contributed by atoms with Crippen LogP contribution in [0.15, 0.2) is 140 Å². The maximum absolute atomic E-state index is 13.5. The molecule has 0 aliphatic heterocycles. The maximum atomic E-state index is 13.5. The second kappa shape index (κ2) is 17.1. The van der Waals surface area contributed by atoms with Crippen LogP contribution < -0.4 is 0 Å². The number of aromatic nitrogens is 4. The molecule has 1 atom stereocenters. The third-order valence-corrected chi connectivity index (χ3v) is 9.71. The van der Waals surface area contributed by atoms with E-state index >= 15 is 0 Å². The molecule has 0 aliphatic rings. The SMILES string of the molecule is CCCCC(=O)N(Cc1ccc(-c2ccccc2-c2nnnn2C(c2ccccc2)(c2ccccc2)c2ccccc2)cc1)[C@H](C(=O)OCC)C(C)C. The second-order valence-electron chi connectivity index (χ2n) is 13.5. The van der Waals surface area contributed by atoms with Gasteiger partial charge in [-0.1, -0.05) is 167 Å². The van der Waals surface area contributed by atoms with Crippen LogP contribution >= 0.6 is 0 Å². The molecule has 1 heterocycles. The number of benzene rings is 5. The molecule has 0 fully saturated rings. The molecule has 0 aliphatic carbocycles. The number of ether oxygens (including phenoxy) is 1. The van der Waals surface area contributed by atoms with Crippen molar-refractivity contribution in [3.63, 3.8) is 0 Å². The van der Waals surface area contributed by atoms with Crippen LogP contribution in [-0.4, -0.2) is 49.6 Å². The fourth-order valence-electron chi connectivity index (χ4n) is 7.20. The summed E-state index contributed by atoms with van der Waals surface area (Å²) in [5.74, 6) is 0.0986. The molecule has 8 nitrogen and oxygen atoms in total. The van der Waals surface area contributed by atoms with E-state index in [0.717, 1.165) is 51.8 Å². The zero-order valence-corrected chi connectivity index (χ0v) is 30.9. The van der Waals surface area contributed by atoms with Gasteiger partial charge >= 0.3 is 5.97 Å². The molecule has 0 unspecified atom stereocenters. The van der Waals surface area contributed by atoms with Crippen molar-refractivity contribution in [1.82, 2.24) is 25.1 Å². The summed E-state index contributed by atoms with van der Waals surface area (Å²) in [6, 6.07) is 46.7. The van der Waals surface area contributed by atoms with Crippen LogP contribution in [0.1, 0.15) is 69.2 Å². The first-order chi connectivity index (χ1) is 25.9.